The van der Waals surface area contributed by atoms with E-state index in [9.17, 15) is 4.79 Å². The highest BCUT2D eigenvalue weighted by atomic mass is 35.5. The fraction of sp³-hybridized carbons (Fsp3) is 0.733. The normalized spacial score (nSPS) is 24.0. The van der Waals surface area contributed by atoms with Gasteiger partial charge < -0.3 is 15.0 Å². The predicted octanol–water partition coefficient (Wildman–Crippen LogP) is 1.55. The summed E-state index contributed by atoms with van der Waals surface area (Å²) < 4.78 is 7.55. The Bertz CT molecular complexity index is 492. The number of nitrogens with one attached hydrogen (secondary N) is 1. The standard InChI is InChI=1S/C15H24N4O2.2ClH/c1-18-10-13(9-17-18)14-11-19(6-7-21-14)15(20)3-2-12-4-5-16-8-12;;/h9-10,12,14,16H,2-8,11H2,1H3;2*1H. The van der Waals surface area contributed by atoms with Crippen LogP contribution in [0.25, 0.3) is 0 Å². The molecular formula is C15H26Cl2N4O2. The molecule has 3 heterocycles. The molecule has 6 nitrogen and oxygen atoms in total. The Kier molecular flexibility index (Phi) is 8.33. The second kappa shape index (κ2) is 9.47. The Morgan fingerprint density at radius 2 is 2.30 bits per heavy atom. The monoisotopic (exact) mass is 364 g/mol. The molecule has 8 heteroatoms. The van der Waals surface area contributed by atoms with Gasteiger partial charge in [0.15, 0.2) is 0 Å². The molecule has 0 bridgehead atoms. The number of aryl methyl sites for hydroxylation is 1. The van der Waals surface area contributed by atoms with Gasteiger partial charge >= 0.3 is 0 Å². The molecule has 2 saturated heterocycles. The van der Waals surface area contributed by atoms with E-state index in [4.69, 9.17) is 4.74 Å². The van der Waals surface area contributed by atoms with Crippen LogP contribution >= 0.6 is 24.8 Å². The predicted molar refractivity (Wildman–Crippen MR) is 93.2 cm³/mol. The van der Waals surface area contributed by atoms with E-state index in [-0.39, 0.29) is 36.8 Å². The van der Waals surface area contributed by atoms with Crippen molar-refractivity contribution in [2.75, 3.05) is 32.8 Å². The zero-order valence-electron chi connectivity index (χ0n) is 13.4. The van der Waals surface area contributed by atoms with Gasteiger partial charge in [-0.25, -0.2) is 0 Å². The van der Waals surface area contributed by atoms with E-state index in [1.54, 1.807) is 4.68 Å². The highest BCUT2D eigenvalue weighted by molar-refractivity contribution is 5.85. The van der Waals surface area contributed by atoms with Crippen molar-refractivity contribution >= 4 is 30.7 Å². The van der Waals surface area contributed by atoms with Gasteiger partial charge in [-0.3, -0.25) is 9.48 Å². The lowest BCUT2D eigenvalue weighted by molar-refractivity contribution is -0.139. The molecule has 2 unspecified atom stereocenters. The van der Waals surface area contributed by atoms with Crippen LogP contribution in [0.3, 0.4) is 0 Å². The number of aromatic nitrogens is 2. The molecule has 0 saturated carbocycles. The van der Waals surface area contributed by atoms with Gasteiger partial charge in [0.05, 0.1) is 19.3 Å². The summed E-state index contributed by atoms with van der Waals surface area (Å²) in [6.45, 7) is 4.12. The van der Waals surface area contributed by atoms with Crippen LogP contribution in [0.15, 0.2) is 12.4 Å². The Balaban J connectivity index is 0.00000132. The van der Waals surface area contributed by atoms with E-state index >= 15 is 0 Å². The van der Waals surface area contributed by atoms with Gasteiger partial charge in [-0.15, -0.1) is 24.8 Å². The third-order valence-corrected chi connectivity index (χ3v) is 4.44. The van der Waals surface area contributed by atoms with Gasteiger partial charge in [0.25, 0.3) is 0 Å². The SMILES string of the molecule is Cl.Cl.Cn1cc(C2CN(C(=O)CCC3CCNC3)CCO2)cn1. The second-order valence-electron chi connectivity index (χ2n) is 6.04. The molecule has 2 aliphatic heterocycles. The highest BCUT2D eigenvalue weighted by Crippen LogP contribution is 2.23. The Morgan fingerprint density at radius 1 is 1.48 bits per heavy atom. The molecule has 1 aromatic rings. The zero-order chi connectivity index (χ0) is 14.7. The van der Waals surface area contributed by atoms with Crippen molar-refractivity contribution < 1.29 is 9.53 Å². The number of rotatable bonds is 4. The summed E-state index contributed by atoms with van der Waals surface area (Å²) in [5.41, 5.74) is 1.05. The number of carbonyl (C=O) groups is 1. The molecule has 1 aromatic heterocycles. The van der Waals surface area contributed by atoms with Crippen LogP contribution in [-0.4, -0.2) is 53.4 Å². The molecule has 1 amide bonds. The van der Waals surface area contributed by atoms with Crippen molar-refractivity contribution in [3.8, 4) is 0 Å². The molecule has 0 aromatic carbocycles. The lowest BCUT2D eigenvalue weighted by Crippen LogP contribution is -2.42. The van der Waals surface area contributed by atoms with Crippen molar-refractivity contribution in [1.29, 1.82) is 0 Å². The van der Waals surface area contributed by atoms with Gasteiger partial charge in [-0.2, -0.15) is 5.10 Å². The van der Waals surface area contributed by atoms with Crippen molar-refractivity contribution in [2.24, 2.45) is 13.0 Å². The fourth-order valence-corrected chi connectivity index (χ4v) is 3.13. The summed E-state index contributed by atoms with van der Waals surface area (Å²) in [6.07, 6.45) is 6.61. The smallest absolute Gasteiger partial charge is 0.222 e. The largest absolute Gasteiger partial charge is 0.370 e. The van der Waals surface area contributed by atoms with Crippen molar-refractivity contribution in [2.45, 2.75) is 25.4 Å². The molecule has 3 rings (SSSR count). The summed E-state index contributed by atoms with van der Waals surface area (Å²) in [5, 5.41) is 7.53. The number of hydrogen-bond acceptors (Lipinski definition) is 4. The third kappa shape index (κ3) is 5.35. The number of halogens is 2. The Morgan fingerprint density at radius 3 is 2.96 bits per heavy atom. The first-order chi connectivity index (χ1) is 10.2. The molecule has 2 fully saturated rings. The lowest BCUT2D eigenvalue weighted by Gasteiger charge is -2.32. The fourth-order valence-electron chi connectivity index (χ4n) is 3.13. The summed E-state index contributed by atoms with van der Waals surface area (Å²) >= 11 is 0. The van der Waals surface area contributed by atoms with Crippen LogP contribution in [0.5, 0.6) is 0 Å². The summed E-state index contributed by atoms with van der Waals surface area (Å²) in [4.78, 5) is 14.3. The van der Waals surface area contributed by atoms with Gasteiger partial charge in [0.1, 0.15) is 6.10 Å². The van der Waals surface area contributed by atoms with Crippen molar-refractivity contribution in [3.63, 3.8) is 0 Å². The van der Waals surface area contributed by atoms with Crippen molar-refractivity contribution in [1.82, 2.24) is 20.0 Å². The third-order valence-electron chi connectivity index (χ3n) is 4.44. The van der Waals surface area contributed by atoms with Gasteiger partial charge in [-0.1, -0.05) is 0 Å². The quantitative estimate of drug-likeness (QED) is 0.880. The summed E-state index contributed by atoms with van der Waals surface area (Å²) in [7, 11) is 1.89. The lowest BCUT2D eigenvalue weighted by atomic mass is 10.0. The van der Waals surface area contributed by atoms with Gasteiger partial charge in [0, 0.05) is 31.8 Å². The van der Waals surface area contributed by atoms with E-state index in [2.05, 4.69) is 10.4 Å². The topological polar surface area (TPSA) is 59.4 Å². The second-order valence-corrected chi connectivity index (χ2v) is 6.04. The molecule has 23 heavy (non-hydrogen) atoms. The number of hydrogen-bond donors (Lipinski definition) is 1. The average Bonchev–Trinajstić information content (AvgIpc) is 3.16. The maximum absolute atomic E-state index is 12.4. The van der Waals surface area contributed by atoms with Crippen LogP contribution in [0.2, 0.25) is 0 Å². The molecular weight excluding hydrogens is 339 g/mol. The number of morpholine rings is 1. The first-order valence-corrected chi connectivity index (χ1v) is 7.81. The van der Waals surface area contributed by atoms with E-state index < -0.39 is 0 Å². The van der Waals surface area contributed by atoms with E-state index in [0.29, 0.717) is 32.0 Å². The molecule has 1 N–H and O–H groups in total. The summed E-state index contributed by atoms with van der Waals surface area (Å²) in [6, 6.07) is 0. The Hall–Kier alpha value is -0.820. The van der Waals surface area contributed by atoms with Crippen LogP contribution < -0.4 is 5.32 Å². The first-order valence-electron chi connectivity index (χ1n) is 7.81. The van der Waals surface area contributed by atoms with Crippen LogP contribution in [0, 0.1) is 5.92 Å². The Labute approximate surface area is 149 Å². The first kappa shape index (κ1) is 20.2. The number of nitrogens with zero attached hydrogens (tertiary/aromatic N) is 3. The van der Waals surface area contributed by atoms with Crippen LogP contribution in [0.4, 0.5) is 0 Å². The minimum Gasteiger partial charge on any atom is -0.370 e. The molecule has 0 spiro atoms. The van der Waals surface area contributed by atoms with Crippen LogP contribution in [-0.2, 0) is 16.6 Å². The van der Waals surface area contributed by atoms with Gasteiger partial charge in [-0.05, 0) is 31.8 Å². The molecule has 0 aliphatic carbocycles. The molecule has 2 aliphatic rings. The summed E-state index contributed by atoms with van der Waals surface area (Å²) in [5.74, 6) is 0.934. The number of amides is 1. The van der Waals surface area contributed by atoms with E-state index in [1.807, 2.05) is 24.3 Å². The zero-order valence-corrected chi connectivity index (χ0v) is 15.1. The van der Waals surface area contributed by atoms with E-state index in [1.165, 1.54) is 6.42 Å². The number of ether oxygens (including phenoxy) is 1. The van der Waals surface area contributed by atoms with Crippen LogP contribution in [0.1, 0.15) is 30.9 Å². The molecule has 0 radical (unpaired) electrons. The average molecular weight is 365 g/mol. The van der Waals surface area contributed by atoms with Crippen molar-refractivity contribution in [3.05, 3.63) is 18.0 Å². The molecule has 2 atom stereocenters. The molecule has 132 valence electrons. The minimum absolute atomic E-state index is 0. The maximum Gasteiger partial charge on any atom is 0.222 e. The number of carbonyl (C=O) groups excluding carboxylic acids is 1. The highest BCUT2D eigenvalue weighted by Gasteiger charge is 2.26. The maximum atomic E-state index is 12.4. The van der Waals surface area contributed by atoms with Gasteiger partial charge in [0.2, 0.25) is 5.91 Å². The van der Waals surface area contributed by atoms with E-state index in [0.717, 1.165) is 25.1 Å². The minimum atomic E-state index is -0.0375.